The molecule has 1 fully saturated rings. The molecular weight excluding hydrogens is 258 g/mol. The minimum Gasteiger partial charge on any atom is -0.496 e. The van der Waals surface area contributed by atoms with Crippen molar-refractivity contribution in [1.82, 2.24) is 4.90 Å². The van der Waals surface area contributed by atoms with Crippen LogP contribution in [0.2, 0.25) is 0 Å². The summed E-state index contributed by atoms with van der Waals surface area (Å²) in [7, 11) is 1.48. The quantitative estimate of drug-likeness (QED) is 0.621. The summed E-state index contributed by atoms with van der Waals surface area (Å²) in [4.78, 5) is 37.1. The van der Waals surface area contributed by atoms with Gasteiger partial charge < -0.3 is 4.74 Å². The molecule has 0 atom stereocenters. The summed E-state index contributed by atoms with van der Waals surface area (Å²) >= 11 is 0. The molecule has 1 saturated heterocycles. The van der Waals surface area contributed by atoms with Gasteiger partial charge in [0, 0.05) is 12.8 Å². The maximum absolute atomic E-state index is 12.3. The molecule has 0 spiro atoms. The van der Waals surface area contributed by atoms with E-state index in [1.165, 1.54) is 7.11 Å². The molecule has 0 unspecified atom stereocenters. The number of hydrogen-bond acceptors (Lipinski definition) is 4. The van der Waals surface area contributed by atoms with E-state index in [1.807, 2.05) is 0 Å². The van der Waals surface area contributed by atoms with E-state index in [0.717, 1.165) is 4.90 Å². The van der Waals surface area contributed by atoms with Gasteiger partial charge in [-0.15, -0.1) is 0 Å². The zero-order chi connectivity index (χ0) is 14.5. The summed E-state index contributed by atoms with van der Waals surface area (Å²) in [5.41, 5.74) is 0.389. The first kappa shape index (κ1) is 14.2. The molecule has 1 aliphatic heterocycles. The fourth-order valence-corrected chi connectivity index (χ4v) is 2.24. The van der Waals surface area contributed by atoms with Gasteiger partial charge in [-0.25, -0.2) is 0 Å². The van der Waals surface area contributed by atoms with Gasteiger partial charge in [0.05, 0.1) is 19.2 Å². The molecule has 0 aliphatic carbocycles. The summed E-state index contributed by atoms with van der Waals surface area (Å²) in [5, 5.41) is 0. The van der Waals surface area contributed by atoms with Gasteiger partial charge in [-0.1, -0.05) is 12.1 Å². The third-order valence-corrected chi connectivity index (χ3v) is 3.34. The van der Waals surface area contributed by atoms with E-state index in [4.69, 9.17) is 4.74 Å². The van der Waals surface area contributed by atoms with Crippen LogP contribution in [0.15, 0.2) is 24.3 Å². The number of imide groups is 1. The number of ketones is 1. The molecular formula is C15H17NO4. The number of carbonyl (C=O) groups is 3. The summed E-state index contributed by atoms with van der Waals surface area (Å²) < 4.78 is 5.12. The van der Waals surface area contributed by atoms with Crippen molar-refractivity contribution in [2.24, 2.45) is 0 Å². The Bertz CT molecular complexity index is 520. The summed E-state index contributed by atoms with van der Waals surface area (Å²) in [5.74, 6) is -0.371. The molecule has 2 amide bonds. The zero-order valence-electron chi connectivity index (χ0n) is 11.4. The molecule has 5 heteroatoms. The largest absolute Gasteiger partial charge is 0.496 e. The van der Waals surface area contributed by atoms with Crippen molar-refractivity contribution < 1.29 is 19.1 Å². The van der Waals surface area contributed by atoms with E-state index in [0.29, 0.717) is 37.0 Å². The minimum absolute atomic E-state index is 0.210. The number of methoxy groups -OCH3 is 1. The van der Waals surface area contributed by atoms with E-state index in [9.17, 15) is 14.4 Å². The lowest BCUT2D eigenvalue weighted by molar-refractivity contribution is -0.143. The third kappa shape index (κ3) is 3.04. The highest BCUT2D eigenvalue weighted by molar-refractivity contribution is 6.06. The third-order valence-electron chi connectivity index (χ3n) is 3.34. The topological polar surface area (TPSA) is 63.7 Å². The number of rotatable bonds is 4. The van der Waals surface area contributed by atoms with Crippen molar-refractivity contribution in [3.63, 3.8) is 0 Å². The van der Waals surface area contributed by atoms with Crippen molar-refractivity contribution >= 4 is 17.6 Å². The first-order valence-corrected chi connectivity index (χ1v) is 6.63. The van der Waals surface area contributed by atoms with E-state index in [2.05, 4.69) is 0 Å². The van der Waals surface area contributed by atoms with Gasteiger partial charge in [-0.2, -0.15) is 0 Å². The predicted molar refractivity (Wildman–Crippen MR) is 72.5 cm³/mol. The Balaban J connectivity index is 2.17. The number of likely N-dealkylation sites (tertiary alicyclic amines) is 1. The van der Waals surface area contributed by atoms with Gasteiger partial charge in [-0.05, 0) is 25.0 Å². The van der Waals surface area contributed by atoms with Gasteiger partial charge in [-0.3, -0.25) is 19.3 Å². The molecule has 5 nitrogen and oxygen atoms in total. The van der Waals surface area contributed by atoms with Crippen LogP contribution >= 0.6 is 0 Å². The van der Waals surface area contributed by atoms with Crippen LogP contribution in [0.25, 0.3) is 0 Å². The van der Waals surface area contributed by atoms with Gasteiger partial charge >= 0.3 is 0 Å². The molecule has 0 saturated carbocycles. The molecule has 1 aromatic rings. The Labute approximate surface area is 117 Å². The molecule has 20 heavy (non-hydrogen) atoms. The average Bonchev–Trinajstić information content (AvgIpc) is 2.62. The molecule has 0 radical (unpaired) electrons. The van der Waals surface area contributed by atoms with Crippen LogP contribution < -0.4 is 4.74 Å². The van der Waals surface area contributed by atoms with Crippen molar-refractivity contribution in [2.45, 2.75) is 25.7 Å². The van der Waals surface area contributed by atoms with Crippen molar-refractivity contribution in [1.29, 1.82) is 0 Å². The fraction of sp³-hybridized carbons (Fsp3) is 0.400. The van der Waals surface area contributed by atoms with Crippen molar-refractivity contribution in [2.75, 3.05) is 13.7 Å². The Hall–Kier alpha value is -2.17. The smallest absolute Gasteiger partial charge is 0.229 e. The monoisotopic (exact) mass is 275 g/mol. The number of carbonyl (C=O) groups excluding carboxylic acids is 3. The Kier molecular flexibility index (Phi) is 4.50. The average molecular weight is 275 g/mol. The number of hydrogen-bond donors (Lipinski definition) is 0. The second-order valence-corrected chi connectivity index (χ2v) is 4.70. The second-order valence-electron chi connectivity index (χ2n) is 4.70. The van der Waals surface area contributed by atoms with Gasteiger partial charge in [0.15, 0.2) is 5.78 Å². The number of Topliss-reactive ketones (excluding diaryl/α,β-unsaturated/α-hetero) is 1. The SMILES string of the molecule is COc1ccccc1C(=O)CN1C(=O)CCCCC1=O. The lowest BCUT2D eigenvalue weighted by Gasteiger charge is -2.18. The molecule has 1 aromatic carbocycles. The minimum atomic E-state index is -0.286. The van der Waals surface area contributed by atoms with Crippen LogP contribution in [0.3, 0.4) is 0 Å². The highest BCUT2D eigenvalue weighted by Gasteiger charge is 2.27. The molecule has 0 bridgehead atoms. The number of nitrogens with zero attached hydrogens (tertiary/aromatic N) is 1. The molecule has 1 heterocycles. The highest BCUT2D eigenvalue weighted by Crippen LogP contribution is 2.19. The van der Waals surface area contributed by atoms with E-state index in [1.54, 1.807) is 24.3 Å². The maximum Gasteiger partial charge on any atom is 0.229 e. The molecule has 0 aromatic heterocycles. The number of ether oxygens (including phenoxy) is 1. The molecule has 1 aliphatic rings. The first-order valence-electron chi connectivity index (χ1n) is 6.63. The molecule has 2 rings (SSSR count). The van der Waals surface area contributed by atoms with Crippen molar-refractivity contribution in [3.8, 4) is 5.75 Å². The van der Waals surface area contributed by atoms with Crippen molar-refractivity contribution in [3.05, 3.63) is 29.8 Å². The van der Waals surface area contributed by atoms with Crippen LogP contribution in [0.1, 0.15) is 36.0 Å². The van der Waals surface area contributed by atoms with Crippen LogP contribution in [-0.2, 0) is 9.59 Å². The summed E-state index contributed by atoms with van der Waals surface area (Å²) in [6.07, 6.45) is 2.05. The van der Waals surface area contributed by atoms with Crippen LogP contribution in [0.5, 0.6) is 5.75 Å². The summed E-state index contributed by atoms with van der Waals surface area (Å²) in [6.45, 7) is -0.210. The maximum atomic E-state index is 12.3. The summed E-state index contributed by atoms with van der Waals surface area (Å²) in [6, 6.07) is 6.80. The van der Waals surface area contributed by atoms with Crippen LogP contribution in [-0.4, -0.2) is 36.2 Å². The zero-order valence-corrected chi connectivity index (χ0v) is 11.4. The first-order chi connectivity index (χ1) is 9.63. The lowest BCUT2D eigenvalue weighted by atomic mass is 10.1. The lowest BCUT2D eigenvalue weighted by Crippen LogP contribution is -2.39. The van der Waals surface area contributed by atoms with Crippen LogP contribution in [0.4, 0.5) is 0 Å². The second kappa shape index (κ2) is 6.32. The predicted octanol–water partition coefficient (Wildman–Crippen LogP) is 1.81. The highest BCUT2D eigenvalue weighted by atomic mass is 16.5. The van der Waals surface area contributed by atoms with Gasteiger partial charge in [0.25, 0.3) is 0 Å². The number of amides is 2. The Morgan fingerprint density at radius 2 is 1.75 bits per heavy atom. The molecule has 106 valence electrons. The standard InChI is InChI=1S/C15H17NO4/c1-20-13-7-3-2-6-11(13)12(17)10-16-14(18)8-4-5-9-15(16)19/h2-3,6-7H,4-5,8-10H2,1H3. The normalized spacial score (nSPS) is 15.9. The Morgan fingerprint density at radius 1 is 1.15 bits per heavy atom. The van der Waals surface area contributed by atoms with Gasteiger partial charge in [0.2, 0.25) is 11.8 Å². The fourth-order valence-electron chi connectivity index (χ4n) is 2.24. The van der Waals surface area contributed by atoms with Gasteiger partial charge in [0.1, 0.15) is 5.75 Å². The number of benzene rings is 1. The van der Waals surface area contributed by atoms with E-state index < -0.39 is 0 Å². The van der Waals surface area contributed by atoms with E-state index >= 15 is 0 Å². The molecule has 0 N–H and O–H groups in total. The Morgan fingerprint density at radius 3 is 2.35 bits per heavy atom. The van der Waals surface area contributed by atoms with E-state index in [-0.39, 0.29) is 24.1 Å². The van der Waals surface area contributed by atoms with Crippen LogP contribution in [0, 0.1) is 0 Å². The number of para-hydroxylation sites is 1.